The zero-order chi connectivity index (χ0) is 20.8. The van der Waals surface area contributed by atoms with Crippen LogP contribution in [0.3, 0.4) is 0 Å². The van der Waals surface area contributed by atoms with E-state index in [1.54, 1.807) is 0 Å². The number of fused-ring (bicyclic) bond motifs is 5. The quantitative estimate of drug-likeness (QED) is 0.296. The molecule has 0 atom stereocenters. The number of aryl methyl sites for hydroxylation is 1. The number of hydrogen-bond donors (Lipinski definition) is 0. The van der Waals surface area contributed by atoms with E-state index < -0.39 is 0 Å². The second kappa shape index (κ2) is 7.03. The minimum atomic E-state index is 0.901. The highest BCUT2D eigenvalue weighted by molar-refractivity contribution is 6.19. The molecule has 0 fully saturated rings. The first-order valence-electron chi connectivity index (χ1n) is 10.5. The van der Waals surface area contributed by atoms with Crippen molar-refractivity contribution in [2.45, 2.75) is 6.92 Å². The summed E-state index contributed by atoms with van der Waals surface area (Å²) in [5, 5.41) is 4.79. The standard InChI is InChI=1S/C29H21NO/c1-20-9-5-8-14-26(20)30(22-11-3-2-4-12-22)23-16-17-25-28(19-23)31-27-18-15-21-10-6-7-13-24(21)29(25)27/h2-19H,1H3. The summed E-state index contributed by atoms with van der Waals surface area (Å²) in [5.74, 6) is 0. The molecule has 6 aromatic rings. The largest absolute Gasteiger partial charge is 0.456 e. The summed E-state index contributed by atoms with van der Waals surface area (Å²) in [6.45, 7) is 2.15. The molecule has 0 radical (unpaired) electrons. The van der Waals surface area contributed by atoms with Crippen molar-refractivity contribution < 1.29 is 4.42 Å². The van der Waals surface area contributed by atoms with Crippen LogP contribution in [0.1, 0.15) is 5.56 Å². The van der Waals surface area contributed by atoms with Crippen molar-refractivity contribution in [1.82, 2.24) is 0 Å². The topological polar surface area (TPSA) is 16.4 Å². The first-order valence-corrected chi connectivity index (χ1v) is 10.5. The fraction of sp³-hybridized carbons (Fsp3) is 0.0345. The van der Waals surface area contributed by atoms with E-state index in [0.29, 0.717) is 0 Å². The maximum absolute atomic E-state index is 6.33. The molecule has 0 saturated carbocycles. The van der Waals surface area contributed by atoms with E-state index in [1.165, 1.54) is 21.7 Å². The highest BCUT2D eigenvalue weighted by atomic mass is 16.3. The van der Waals surface area contributed by atoms with Crippen LogP contribution >= 0.6 is 0 Å². The van der Waals surface area contributed by atoms with Gasteiger partial charge in [-0.3, -0.25) is 0 Å². The van der Waals surface area contributed by atoms with Gasteiger partial charge in [-0.05, 0) is 59.7 Å². The molecule has 5 aromatic carbocycles. The van der Waals surface area contributed by atoms with Gasteiger partial charge in [0.05, 0.1) is 0 Å². The molecule has 0 amide bonds. The molecular formula is C29H21NO. The Morgan fingerprint density at radius 1 is 0.581 bits per heavy atom. The van der Waals surface area contributed by atoms with Crippen molar-refractivity contribution in [2.24, 2.45) is 0 Å². The third kappa shape index (κ3) is 2.88. The van der Waals surface area contributed by atoms with Crippen LogP contribution in [0.4, 0.5) is 17.1 Å². The second-order valence-electron chi connectivity index (χ2n) is 7.90. The molecule has 6 rings (SSSR count). The molecule has 31 heavy (non-hydrogen) atoms. The lowest BCUT2D eigenvalue weighted by atomic mass is 10.0. The summed E-state index contributed by atoms with van der Waals surface area (Å²) in [6, 6.07) is 38.2. The summed E-state index contributed by atoms with van der Waals surface area (Å²) in [6.07, 6.45) is 0. The second-order valence-corrected chi connectivity index (χ2v) is 7.90. The van der Waals surface area contributed by atoms with Crippen molar-refractivity contribution in [3.63, 3.8) is 0 Å². The SMILES string of the molecule is Cc1ccccc1N(c1ccccc1)c1ccc2c(c1)oc1ccc3ccccc3c12. The monoisotopic (exact) mass is 399 g/mol. The van der Waals surface area contributed by atoms with Gasteiger partial charge < -0.3 is 9.32 Å². The van der Waals surface area contributed by atoms with Gasteiger partial charge in [0.15, 0.2) is 0 Å². The van der Waals surface area contributed by atoms with Gasteiger partial charge in [-0.25, -0.2) is 0 Å². The Kier molecular flexibility index (Phi) is 4.03. The first kappa shape index (κ1) is 17.8. The van der Waals surface area contributed by atoms with Crippen molar-refractivity contribution >= 4 is 49.8 Å². The normalized spacial score (nSPS) is 11.4. The van der Waals surface area contributed by atoms with E-state index in [2.05, 4.69) is 115 Å². The van der Waals surface area contributed by atoms with E-state index >= 15 is 0 Å². The average Bonchev–Trinajstić information content (AvgIpc) is 3.20. The summed E-state index contributed by atoms with van der Waals surface area (Å²) in [4.78, 5) is 2.29. The van der Waals surface area contributed by atoms with Crippen LogP contribution in [-0.2, 0) is 0 Å². The molecule has 148 valence electrons. The van der Waals surface area contributed by atoms with Crippen LogP contribution in [0.25, 0.3) is 32.7 Å². The van der Waals surface area contributed by atoms with Gasteiger partial charge in [0.1, 0.15) is 11.2 Å². The highest BCUT2D eigenvalue weighted by Crippen LogP contribution is 2.40. The van der Waals surface area contributed by atoms with Crippen molar-refractivity contribution in [2.75, 3.05) is 4.90 Å². The molecule has 0 spiro atoms. The molecule has 2 heteroatoms. The molecule has 0 aliphatic heterocycles. The third-order valence-electron chi connectivity index (χ3n) is 5.97. The third-order valence-corrected chi connectivity index (χ3v) is 5.97. The molecule has 0 aliphatic carbocycles. The van der Waals surface area contributed by atoms with Gasteiger partial charge in [0.2, 0.25) is 0 Å². The maximum atomic E-state index is 6.33. The Bertz CT molecular complexity index is 1550. The molecular weight excluding hydrogens is 378 g/mol. The van der Waals surface area contributed by atoms with E-state index in [1.807, 2.05) is 6.07 Å². The number of anilines is 3. The number of rotatable bonds is 3. The van der Waals surface area contributed by atoms with Crippen LogP contribution in [0.5, 0.6) is 0 Å². The Balaban J connectivity index is 1.61. The highest BCUT2D eigenvalue weighted by Gasteiger charge is 2.17. The summed E-state index contributed by atoms with van der Waals surface area (Å²) in [5.41, 5.74) is 6.41. The predicted octanol–water partition coefficient (Wildman–Crippen LogP) is 8.52. The number of benzene rings is 5. The zero-order valence-electron chi connectivity index (χ0n) is 17.2. The number of furan rings is 1. The van der Waals surface area contributed by atoms with Gasteiger partial charge in [-0.1, -0.05) is 66.7 Å². The lowest BCUT2D eigenvalue weighted by molar-refractivity contribution is 0.669. The Labute approximate surface area is 181 Å². The minimum Gasteiger partial charge on any atom is -0.456 e. The summed E-state index contributed by atoms with van der Waals surface area (Å²) >= 11 is 0. The van der Waals surface area contributed by atoms with Gasteiger partial charge >= 0.3 is 0 Å². The molecule has 0 saturated heterocycles. The molecule has 0 unspecified atom stereocenters. The zero-order valence-corrected chi connectivity index (χ0v) is 17.2. The molecule has 2 nitrogen and oxygen atoms in total. The molecule has 1 heterocycles. The molecule has 1 aromatic heterocycles. The average molecular weight is 399 g/mol. The van der Waals surface area contributed by atoms with Crippen molar-refractivity contribution in [3.05, 3.63) is 115 Å². The lowest BCUT2D eigenvalue weighted by Crippen LogP contribution is -2.10. The molecule has 0 N–H and O–H groups in total. The number of para-hydroxylation sites is 2. The van der Waals surface area contributed by atoms with E-state index in [4.69, 9.17) is 4.42 Å². The van der Waals surface area contributed by atoms with Crippen LogP contribution in [-0.4, -0.2) is 0 Å². The van der Waals surface area contributed by atoms with E-state index in [0.717, 1.165) is 33.6 Å². The smallest absolute Gasteiger partial charge is 0.137 e. The Hall–Kier alpha value is -4.04. The van der Waals surface area contributed by atoms with E-state index in [9.17, 15) is 0 Å². The maximum Gasteiger partial charge on any atom is 0.137 e. The van der Waals surface area contributed by atoms with Gasteiger partial charge in [0, 0.05) is 33.9 Å². The summed E-state index contributed by atoms with van der Waals surface area (Å²) in [7, 11) is 0. The molecule has 0 aliphatic rings. The predicted molar refractivity (Wildman–Crippen MR) is 131 cm³/mol. The Morgan fingerprint density at radius 3 is 2.23 bits per heavy atom. The van der Waals surface area contributed by atoms with Gasteiger partial charge in [-0.15, -0.1) is 0 Å². The van der Waals surface area contributed by atoms with Crippen molar-refractivity contribution in [3.8, 4) is 0 Å². The number of nitrogens with zero attached hydrogens (tertiary/aromatic N) is 1. The fourth-order valence-corrected chi connectivity index (χ4v) is 4.49. The van der Waals surface area contributed by atoms with Crippen molar-refractivity contribution in [1.29, 1.82) is 0 Å². The Morgan fingerprint density at radius 2 is 1.35 bits per heavy atom. The summed E-state index contributed by atoms with van der Waals surface area (Å²) < 4.78 is 6.33. The fourth-order valence-electron chi connectivity index (χ4n) is 4.49. The van der Waals surface area contributed by atoms with Crippen LogP contribution in [0.2, 0.25) is 0 Å². The van der Waals surface area contributed by atoms with Gasteiger partial charge in [0.25, 0.3) is 0 Å². The van der Waals surface area contributed by atoms with Crippen LogP contribution in [0, 0.1) is 6.92 Å². The lowest BCUT2D eigenvalue weighted by Gasteiger charge is -2.26. The van der Waals surface area contributed by atoms with E-state index in [-0.39, 0.29) is 0 Å². The first-order chi connectivity index (χ1) is 15.3. The number of hydrogen-bond acceptors (Lipinski definition) is 2. The minimum absolute atomic E-state index is 0.901. The van der Waals surface area contributed by atoms with Crippen LogP contribution in [0.15, 0.2) is 114 Å². The van der Waals surface area contributed by atoms with Crippen LogP contribution < -0.4 is 4.90 Å². The van der Waals surface area contributed by atoms with Gasteiger partial charge in [-0.2, -0.15) is 0 Å². The molecule has 0 bridgehead atoms.